The van der Waals surface area contributed by atoms with Crippen molar-refractivity contribution in [2.75, 3.05) is 17.6 Å². The number of carbonyl (C=O) groups is 2. The highest BCUT2D eigenvalue weighted by Gasteiger charge is 2.31. The SMILES string of the molecule is O=C(CSc1ccccc1)Nc1cnn(CC(=O)N2CCC[C@H]2c2nccs2)c1. The van der Waals surface area contributed by atoms with E-state index >= 15 is 0 Å². The summed E-state index contributed by atoms with van der Waals surface area (Å²) in [7, 11) is 0. The van der Waals surface area contributed by atoms with E-state index in [1.807, 2.05) is 40.6 Å². The van der Waals surface area contributed by atoms with Gasteiger partial charge in [0.2, 0.25) is 11.8 Å². The fourth-order valence-electron chi connectivity index (χ4n) is 3.33. The maximum absolute atomic E-state index is 12.8. The van der Waals surface area contributed by atoms with Crippen LogP contribution in [0.3, 0.4) is 0 Å². The molecule has 1 aliphatic rings. The Morgan fingerprint density at radius 3 is 2.93 bits per heavy atom. The first-order valence-corrected chi connectivity index (χ1v) is 11.2. The fourth-order valence-corrected chi connectivity index (χ4v) is 4.83. The molecule has 2 amide bonds. The van der Waals surface area contributed by atoms with Crippen LogP contribution < -0.4 is 5.32 Å². The van der Waals surface area contributed by atoms with Crippen LogP contribution in [0.5, 0.6) is 0 Å². The number of hydrogen-bond donors (Lipinski definition) is 1. The lowest BCUT2D eigenvalue weighted by atomic mass is 10.2. The molecule has 0 unspecified atom stereocenters. The second-order valence-corrected chi connectivity index (χ2v) is 8.67. The molecule has 0 aliphatic carbocycles. The number of likely N-dealkylation sites (tertiary alicyclic amines) is 1. The first-order chi connectivity index (χ1) is 14.2. The molecule has 0 radical (unpaired) electrons. The van der Waals surface area contributed by atoms with Gasteiger partial charge in [-0.15, -0.1) is 23.1 Å². The number of amides is 2. The Labute approximate surface area is 177 Å². The van der Waals surface area contributed by atoms with Crippen molar-refractivity contribution in [3.8, 4) is 0 Å². The Hall–Kier alpha value is -2.65. The largest absolute Gasteiger partial charge is 0.332 e. The second-order valence-electron chi connectivity index (χ2n) is 6.69. The average molecular weight is 428 g/mol. The number of nitrogens with one attached hydrogen (secondary N) is 1. The lowest BCUT2D eigenvalue weighted by Gasteiger charge is -2.23. The molecule has 1 fully saturated rings. The summed E-state index contributed by atoms with van der Waals surface area (Å²) in [6.45, 7) is 0.890. The molecule has 1 atom stereocenters. The minimum absolute atomic E-state index is 0.0170. The molecule has 1 aliphatic heterocycles. The van der Waals surface area contributed by atoms with Crippen LogP contribution >= 0.6 is 23.1 Å². The summed E-state index contributed by atoms with van der Waals surface area (Å²) in [4.78, 5) is 32.2. The summed E-state index contributed by atoms with van der Waals surface area (Å²) in [5, 5.41) is 9.98. The van der Waals surface area contributed by atoms with E-state index in [-0.39, 0.29) is 24.4 Å². The molecule has 9 heteroatoms. The third-order valence-electron chi connectivity index (χ3n) is 4.64. The molecule has 3 aromatic rings. The average Bonchev–Trinajstić information content (AvgIpc) is 3.48. The molecule has 0 saturated carbocycles. The predicted molar refractivity (Wildman–Crippen MR) is 114 cm³/mol. The molecule has 0 spiro atoms. The molecule has 4 rings (SSSR count). The van der Waals surface area contributed by atoms with E-state index in [9.17, 15) is 9.59 Å². The molecular weight excluding hydrogens is 406 g/mol. The number of hydrogen-bond acceptors (Lipinski definition) is 6. The van der Waals surface area contributed by atoms with Crippen molar-refractivity contribution >= 4 is 40.6 Å². The first kappa shape index (κ1) is 19.7. The highest BCUT2D eigenvalue weighted by molar-refractivity contribution is 8.00. The maximum Gasteiger partial charge on any atom is 0.244 e. The predicted octanol–water partition coefficient (Wildman–Crippen LogP) is 3.43. The lowest BCUT2D eigenvalue weighted by molar-refractivity contribution is -0.133. The van der Waals surface area contributed by atoms with Gasteiger partial charge in [-0.2, -0.15) is 5.10 Å². The van der Waals surface area contributed by atoms with Gasteiger partial charge >= 0.3 is 0 Å². The van der Waals surface area contributed by atoms with Gasteiger partial charge in [0.25, 0.3) is 0 Å². The Morgan fingerprint density at radius 1 is 1.28 bits per heavy atom. The highest BCUT2D eigenvalue weighted by Crippen LogP contribution is 2.33. The normalized spacial score (nSPS) is 16.1. The number of aromatic nitrogens is 3. The molecule has 3 heterocycles. The fraction of sp³-hybridized carbons (Fsp3) is 0.300. The minimum atomic E-state index is -0.104. The van der Waals surface area contributed by atoms with Gasteiger partial charge in [-0.25, -0.2) is 4.98 Å². The standard InChI is InChI=1S/C20H21N5O2S2/c26-18(14-29-16-5-2-1-3-6-16)23-15-11-22-24(12-15)13-19(27)25-9-4-7-17(25)20-21-8-10-28-20/h1-3,5-6,8,10-12,17H,4,7,9,13-14H2,(H,23,26)/t17-/m0/s1. The molecule has 7 nitrogen and oxygen atoms in total. The van der Waals surface area contributed by atoms with Crippen molar-refractivity contribution < 1.29 is 9.59 Å². The van der Waals surface area contributed by atoms with Gasteiger partial charge in [-0.05, 0) is 25.0 Å². The van der Waals surface area contributed by atoms with Crippen molar-refractivity contribution in [2.45, 2.75) is 30.3 Å². The molecule has 0 bridgehead atoms. The Morgan fingerprint density at radius 2 is 2.14 bits per heavy atom. The van der Waals surface area contributed by atoms with Crippen molar-refractivity contribution in [1.29, 1.82) is 0 Å². The van der Waals surface area contributed by atoms with E-state index < -0.39 is 0 Å². The van der Waals surface area contributed by atoms with E-state index in [1.165, 1.54) is 11.8 Å². The first-order valence-electron chi connectivity index (χ1n) is 9.38. The van der Waals surface area contributed by atoms with Gasteiger partial charge in [0.05, 0.1) is 23.7 Å². The van der Waals surface area contributed by atoms with Gasteiger partial charge in [0.15, 0.2) is 0 Å². The van der Waals surface area contributed by atoms with Crippen LogP contribution in [0.4, 0.5) is 5.69 Å². The number of rotatable bonds is 7. The number of thioether (sulfide) groups is 1. The molecule has 1 aromatic carbocycles. The minimum Gasteiger partial charge on any atom is -0.332 e. The number of thiazole rings is 1. The quantitative estimate of drug-likeness (QED) is 0.585. The third kappa shape index (κ3) is 5.04. The smallest absolute Gasteiger partial charge is 0.244 e. The van der Waals surface area contributed by atoms with Gasteiger partial charge in [0, 0.05) is 29.2 Å². The van der Waals surface area contributed by atoms with Crippen LogP contribution in [-0.4, -0.2) is 43.8 Å². The molecule has 150 valence electrons. The highest BCUT2D eigenvalue weighted by atomic mass is 32.2. The maximum atomic E-state index is 12.8. The van der Waals surface area contributed by atoms with E-state index in [2.05, 4.69) is 15.4 Å². The van der Waals surface area contributed by atoms with Gasteiger partial charge in [-0.3, -0.25) is 14.3 Å². The molecule has 29 heavy (non-hydrogen) atoms. The number of nitrogens with zero attached hydrogens (tertiary/aromatic N) is 4. The Bertz CT molecular complexity index is 958. The Balaban J connectivity index is 1.29. The Kier molecular flexibility index (Phi) is 6.26. The van der Waals surface area contributed by atoms with Crippen molar-refractivity contribution in [3.63, 3.8) is 0 Å². The summed E-state index contributed by atoms with van der Waals surface area (Å²) in [6, 6.07) is 9.84. The van der Waals surface area contributed by atoms with E-state index in [0.717, 1.165) is 29.3 Å². The van der Waals surface area contributed by atoms with E-state index in [0.29, 0.717) is 11.4 Å². The van der Waals surface area contributed by atoms with Crippen LogP contribution in [0.15, 0.2) is 59.2 Å². The van der Waals surface area contributed by atoms with Crippen molar-refractivity contribution in [1.82, 2.24) is 19.7 Å². The zero-order valence-corrected chi connectivity index (χ0v) is 17.4. The summed E-state index contributed by atoms with van der Waals surface area (Å²) in [5.41, 5.74) is 0.592. The summed E-state index contributed by atoms with van der Waals surface area (Å²) in [6.07, 6.45) is 6.96. The number of benzene rings is 1. The molecule has 1 saturated heterocycles. The zero-order valence-electron chi connectivity index (χ0n) is 15.7. The van der Waals surface area contributed by atoms with E-state index in [4.69, 9.17) is 0 Å². The topological polar surface area (TPSA) is 80.1 Å². The van der Waals surface area contributed by atoms with Crippen molar-refractivity contribution in [2.24, 2.45) is 0 Å². The van der Waals surface area contributed by atoms with Gasteiger partial charge < -0.3 is 10.2 Å². The lowest BCUT2D eigenvalue weighted by Crippen LogP contribution is -2.33. The van der Waals surface area contributed by atoms with E-state index in [1.54, 1.807) is 34.6 Å². The monoisotopic (exact) mass is 427 g/mol. The molecule has 2 aromatic heterocycles. The van der Waals surface area contributed by atoms with Crippen LogP contribution in [-0.2, 0) is 16.1 Å². The number of anilines is 1. The summed E-state index contributed by atoms with van der Waals surface area (Å²) in [5.74, 6) is 0.230. The van der Waals surface area contributed by atoms with Crippen LogP contribution in [0.2, 0.25) is 0 Å². The second kappa shape index (κ2) is 9.23. The van der Waals surface area contributed by atoms with Crippen LogP contribution in [0.1, 0.15) is 23.9 Å². The van der Waals surface area contributed by atoms with Crippen molar-refractivity contribution in [3.05, 3.63) is 59.3 Å². The van der Waals surface area contributed by atoms with Gasteiger partial charge in [-0.1, -0.05) is 18.2 Å². The molecule has 1 N–H and O–H groups in total. The number of carbonyl (C=O) groups excluding carboxylic acids is 2. The van der Waals surface area contributed by atoms with Gasteiger partial charge in [0.1, 0.15) is 11.6 Å². The molecular formula is C20H21N5O2S2. The summed E-state index contributed by atoms with van der Waals surface area (Å²) < 4.78 is 1.57. The van der Waals surface area contributed by atoms with Crippen LogP contribution in [0, 0.1) is 0 Å². The van der Waals surface area contributed by atoms with Crippen LogP contribution in [0.25, 0.3) is 0 Å². The third-order valence-corrected chi connectivity index (χ3v) is 6.53. The summed E-state index contributed by atoms with van der Waals surface area (Å²) >= 11 is 3.06. The zero-order chi connectivity index (χ0) is 20.1.